The van der Waals surface area contributed by atoms with Gasteiger partial charge in [-0.15, -0.1) is 8.78 Å². The van der Waals surface area contributed by atoms with Crippen molar-refractivity contribution in [1.82, 2.24) is 20.1 Å². The Kier molecular flexibility index (Phi) is 7.02. The number of carboxylic acid groups (broad SMARTS) is 1. The van der Waals surface area contributed by atoms with Crippen LogP contribution in [0.25, 0.3) is 11.0 Å². The molecule has 3 heterocycles. The largest absolute Gasteiger partial charge is 0.586 e. The zero-order chi connectivity index (χ0) is 26.8. The molecule has 0 atom stereocenters. The van der Waals surface area contributed by atoms with Gasteiger partial charge in [0.05, 0.1) is 5.69 Å². The summed E-state index contributed by atoms with van der Waals surface area (Å²) in [5.74, 6) is -2.69. The normalized spacial score (nSPS) is 16.7. The second-order valence-electron chi connectivity index (χ2n) is 7.88. The van der Waals surface area contributed by atoms with E-state index in [1.54, 1.807) is 35.2 Å². The molecule has 0 aliphatic carbocycles. The van der Waals surface area contributed by atoms with Crippen LogP contribution in [0.2, 0.25) is 0 Å². The Labute approximate surface area is 204 Å². The molecule has 198 valence electrons. The maximum absolute atomic E-state index is 13.2. The van der Waals surface area contributed by atoms with Gasteiger partial charge in [0, 0.05) is 32.7 Å². The summed E-state index contributed by atoms with van der Waals surface area (Å²) in [7, 11) is 0. The summed E-state index contributed by atoms with van der Waals surface area (Å²) in [4.78, 5) is 25.4. The standard InChI is InChI=1S/C19H17F2N5O4.C2HF3O2/c20-19(21)28-15-5-4-12(10-16(15)29-19)11-25-6-8-26(9-7-25)18(27)22-13-2-1-3-14-17(13)24-30-23-14;3-2(4,5)1(6)7/h1-5,10H,6-9,11H2,(H,22,27);(H,6,7). The van der Waals surface area contributed by atoms with E-state index in [9.17, 15) is 26.7 Å². The van der Waals surface area contributed by atoms with Crippen LogP contribution in [-0.4, -0.2) is 75.9 Å². The van der Waals surface area contributed by atoms with Crippen LogP contribution in [0.15, 0.2) is 41.0 Å². The monoisotopic (exact) mass is 531 g/mol. The molecule has 2 aliphatic rings. The second kappa shape index (κ2) is 10.0. The van der Waals surface area contributed by atoms with E-state index >= 15 is 0 Å². The Balaban J connectivity index is 0.000000405. The Morgan fingerprint density at radius 2 is 1.70 bits per heavy atom. The Bertz CT molecular complexity index is 1290. The number of fused-ring (bicyclic) bond motifs is 2. The van der Waals surface area contributed by atoms with Gasteiger partial charge in [0.1, 0.15) is 5.52 Å². The van der Waals surface area contributed by atoms with Crippen LogP contribution in [0.4, 0.5) is 32.4 Å². The summed E-state index contributed by atoms with van der Waals surface area (Å²) < 4.78 is 71.7. The molecule has 0 radical (unpaired) electrons. The number of urea groups is 1. The van der Waals surface area contributed by atoms with Crippen LogP contribution in [0.3, 0.4) is 0 Å². The molecule has 2 N–H and O–H groups in total. The third-order valence-corrected chi connectivity index (χ3v) is 5.30. The summed E-state index contributed by atoms with van der Waals surface area (Å²) >= 11 is 0. The molecule has 0 spiro atoms. The first-order chi connectivity index (χ1) is 17.4. The van der Waals surface area contributed by atoms with Crippen LogP contribution in [0.5, 0.6) is 11.5 Å². The third-order valence-electron chi connectivity index (χ3n) is 5.30. The fourth-order valence-electron chi connectivity index (χ4n) is 3.56. The van der Waals surface area contributed by atoms with Gasteiger partial charge in [-0.2, -0.15) is 13.2 Å². The minimum Gasteiger partial charge on any atom is -0.475 e. The number of carbonyl (C=O) groups is 2. The van der Waals surface area contributed by atoms with E-state index in [2.05, 4.69) is 30.0 Å². The van der Waals surface area contributed by atoms with Crippen molar-refractivity contribution in [2.45, 2.75) is 19.0 Å². The number of hydrogen-bond acceptors (Lipinski definition) is 8. The fraction of sp³-hybridized carbons (Fsp3) is 0.333. The number of carboxylic acids is 1. The smallest absolute Gasteiger partial charge is 0.475 e. The SMILES string of the molecule is O=C(Nc1cccc2nonc12)N1CCN(Cc2ccc3c(c2)OC(F)(F)O3)CC1.O=C(O)C(F)(F)F. The van der Waals surface area contributed by atoms with E-state index in [0.717, 1.165) is 5.56 Å². The van der Waals surface area contributed by atoms with Gasteiger partial charge in [-0.05, 0) is 40.1 Å². The number of aromatic nitrogens is 2. The number of halogens is 5. The first-order valence-electron chi connectivity index (χ1n) is 10.6. The van der Waals surface area contributed by atoms with Gasteiger partial charge in [0.2, 0.25) is 0 Å². The average Bonchev–Trinajstić information content (AvgIpc) is 3.42. The Morgan fingerprint density at radius 1 is 1.03 bits per heavy atom. The number of aliphatic carboxylic acids is 1. The predicted molar refractivity (Wildman–Crippen MR) is 114 cm³/mol. The molecule has 1 saturated heterocycles. The van der Waals surface area contributed by atoms with Gasteiger partial charge in [-0.3, -0.25) is 4.90 Å². The number of piperazine rings is 1. The maximum atomic E-state index is 13.2. The van der Waals surface area contributed by atoms with Gasteiger partial charge in [0.25, 0.3) is 0 Å². The lowest BCUT2D eigenvalue weighted by molar-refractivity contribution is -0.286. The molecule has 16 heteroatoms. The number of ether oxygens (including phenoxy) is 2. The predicted octanol–water partition coefficient (Wildman–Crippen LogP) is 3.53. The molecule has 11 nitrogen and oxygen atoms in total. The minimum absolute atomic E-state index is 0.0302. The number of amides is 2. The number of nitrogens with zero attached hydrogens (tertiary/aromatic N) is 4. The quantitative estimate of drug-likeness (QED) is 0.488. The molecule has 1 fully saturated rings. The number of anilines is 1. The maximum Gasteiger partial charge on any atom is 0.586 e. The van der Waals surface area contributed by atoms with E-state index < -0.39 is 18.4 Å². The lowest BCUT2D eigenvalue weighted by Crippen LogP contribution is -2.49. The van der Waals surface area contributed by atoms with Crippen molar-refractivity contribution >= 4 is 28.7 Å². The van der Waals surface area contributed by atoms with Gasteiger partial charge in [-0.1, -0.05) is 12.1 Å². The van der Waals surface area contributed by atoms with Crippen LogP contribution < -0.4 is 14.8 Å². The van der Waals surface area contributed by atoms with Gasteiger partial charge < -0.3 is 24.8 Å². The Morgan fingerprint density at radius 3 is 2.38 bits per heavy atom. The number of carbonyl (C=O) groups excluding carboxylic acids is 1. The fourth-order valence-corrected chi connectivity index (χ4v) is 3.56. The molecule has 0 unspecified atom stereocenters. The minimum atomic E-state index is -5.08. The van der Waals surface area contributed by atoms with Crippen LogP contribution in [-0.2, 0) is 11.3 Å². The van der Waals surface area contributed by atoms with Crippen molar-refractivity contribution in [3.05, 3.63) is 42.0 Å². The number of benzene rings is 2. The highest BCUT2D eigenvalue weighted by molar-refractivity contribution is 5.98. The summed E-state index contributed by atoms with van der Waals surface area (Å²) in [6, 6.07) is 9.80. The van der Waals surface area contributed by atoms with Crippen molar-refractivity contribution in [2.24, 2.45) is 0 Å². The molecule has 2 aliphatic heterocycles. The van der Waals surface area contributed by atoms with Crippen LogP contribution >= 0.6 is 0 Å². The van der Waals surface area contributed by atoms with Crippen molar-refractivity contribution in [3.63, 3.8) is 0 Å². The van der Waals surface area contributed by atoms with E-state index in [4.69, 9.17) is 14.5 Å². The highest BCUT2D eigenvalue weighted by Crippen LogP contribution is 2.41. The molecule has 5 rings (SSSR count). The second-order valence-corrected chi connectivity index (χ2v) is 7.88. The van der Waals surface area contributed by atoms with Crippen LogP contribution in [0.1, 0.15) is 5.56 Å². The van der Waals surface area contributed by atoms with Gasteiger partial charge >= 0.3 is 24.5 Å². The van der Waals surface area contributed by atoms with E-state index in [1.165, 1.54) is 6.07 Å². The number of hydrogen-bond donors (Lipinski definition) is 2. The summed E-state index contributed by atoms with van der Waals surface area (Å²) in [6.45, 7) is 2.91. The summed E-state index contributed by atoms with van der Waals surface area (Å²) in [6.07, 6.45) is -8.70. The lowest BCUT2D eigenvalue weighted by Gasteiger charge is -2.34. The molecule has 2 amide bonds. The van der Waals surface area contributed by atoms with Crippen molar-refractivity contribution in [1.29, 1.82) is 0 Å². The molecule has 0 saturated carbocycles. The topological polar surface area (TPSA) is 130 Å². The zero-order valence-corrected chi connectivity index (χ0v) is 18.7. The van der Waals surface area contributed by atoms with E-state index in [1.807, 2.05) is 0 Å². The molecular weight excluding hydrogens is 513 g/mol. The highest BCUT2D eigenvalue weighted by Gasteiger charge is 2.43. The Hall–Kier alpha value is -4.21. The number of nitrogens with one attached hydrogen (secondary N) is 1. The first kappa shape index (κ1) is 25.9. The molecular formula is C21H18F5N5O6. The summed E-state index contributed by atoms with van der Waals surface area (Å²) in [5.41, 5.74) is 2.44. The first-order valence-corrected chi connectivity index (χ1v) is 10.6. The molecule has 1 aromatic heterocycles. The van der Waals surface area contributed by atoms with Crippen molar-refractivity contribution < 1.29 is 50.8 Å². The summed E-state index contributed by atoms with van der Waals surface area (Å²) in [5, 5.41) is 17.5. The lowest BCUT2D eigenvalue weighted by atomic mass is 10.1. The van der Waals surface area contributed by atoms with Crippen molar-refractivity contribution in [3.8, 4) is 11.5 Å². The van der Waals surface area contributed by atoms with E-state index in [-0.39, 0.29) is 17.5 Å². The molecule has 0 bridgehead atoms. The molecule has 2 aromatic carbocycles. The number of rotatable bonds is 3. The average molecular weight is 531 g/mol. The van der Waals surface area contributed by atoms with Gasteiger partial charge in [-0.25, -0.2) is 14.2 Å². The zero-order valence-electron chi connectivity index (χ0n) is 18.7. The van der Waals surface area contributed by atoms with Crippen LogP contribution in [0, 0.1) is 0 Å². The van der Waals surface area contributed by atoms with Crippen molar-refractivity contribution in [2.75, 3.05) is 31.5 Å². The van der Waals surface area contributed by atoms with E-state index in [0.29, 0.717) is 49.4 Å². The third kappa shape index (κ3) is 6.32. The van der Waals surface area contributed by atoms with Gasteiger partial charge in [0.15, 0.2) is 17.0 Å². The number of alkyl halides is 5. The molecule has 3 aromatic rings. The molecule has 37 heavy (non-hydrogen) atoms. The highest BCUT2D eigenvalue weighted by atomic mass is 19.4.